The smallest absolute Gasteiger partial charge is 0.416 e. The lowest BCUT2D eigenvalue weighted by Crippen LogP contribution is -2.54. The first kappa shape index (κ1) is 26.2. The molecule has 0 unspecified atom stereocenters. The molecule has 6 nitrogen and oxygen atoms in total. The summed E-state index contributed by atoms with van der Waals surface area (Å²) in [5.41, 5.74) is -1.42. The quantitative estimate of drug-likeness (QED) is 0.226. The average Bonchev–Trinajstić information content (AvgIpc) is 2.81. The summed E-state index contributed by atoms with van der Waals surface area (Å²) >= 11 is 12.2. The lowest BCUT2D eigenvalue weighted by atomic mass is 10.1. The molecule has 0 aliphatic carbocycles. The van der Waals surface area contributed by atoms with Crippen LogP contribution in [0.2, 0.25) is 10.0 Å². The van der Waals surface area contributed by atoms with E-state index in [4.69, 9.17) is 27.9 Å². The van der Waals surface area contributed by atoms with E-state index in [1.54, 1.807) is 6.07 Å². The molecule has 190 valence electrons. The number of imide groups is 2. The van der Waals surface area contributed by atoms with Crippen LogP contribution in [0, 0.1) is 5.82 Å². The van der Waals surface area contributed by atoms with Crippen molar-refractivity contribution in [1.82, 2.24) is 5.32 Å². The Kier molecular flexibility index (Phi) is 7.24. The van der Waals surface area contributed by atoms with Crippen molar-refractivity contribution in [2.45, 2.75) is 12.8 Å². The molecule has 1 aliphatic heterocycles. The van der Waals surface area contributed by atoms with Gasteiger partial charge in [0.1, 0.15) is 23.7 Å². The molecule has 0 atom stereocenters. The van der Waals surface area contributed by atoms with Crippen LogP contribution in [0.3, 0.4) is 0 Å². The van der Waals surface area contributed by atoms with E-state index in [2.05, 4.69) is 0 Å². The van der Waals surface area contributed by atoms with E-state index in [0.717, 1.165) is 12.1 Å². The number of hydrogen-bond acceptors (Lipinski definition) is 4. The minimum atomic E-state index is -4.77. The van der Waals surface area contributed by atoms with Crippen LogP contribution < -0.4 is 15.0 Å². The fourth-order valence-corrected chi connectivity index (χ4v) is 3.86. The van der Waals surface area contributed by atoms with E-state index in [-0.39, 0.29) is 28.0 Å². The number of benzene rings is 3. The van der Waals surface area contributed by atoms with Crippen LogP contribution in [0.1, 0.15) is 16.7 Å². The summed E-state index contributed by atoms with van der Waals surface area (Å²) in [5, 5.41) is 1.70. The third-order valence-corrected chi connectivity index (χ3v) is 5.78. The lowest BCUT2D eigenvalue weighted by molar-refractivity contribution is -0.137. The zero-order valence-electron chi connectivity index (χ0n) is 18.4. The largest absolute Gasteiger partial charge is 0.487 e. The minimum absolute atomic E-state index is 0.0215. The maximum absolute atomic E-state index is 13.3. The Bertz CT molecular complexity index is 1460. The molecule has 4 rings (SSSR count). The van der Waals surface area contributed by atoms with Crippen LogP contribution in [-0.2, 0) is 22.4 Å². The first-order valence-corrected chi connectivity index (χ1v) is 11.1. The molecule has 0 spiro atoms. The number of amides is 4. The molecular weight excluding hydrogens is 539 g/mol. The number of rotatable bonds is 5. The Labute approximate surface area is 217 Å². The van der Waals surface area contributed by atoms with Crippen molar-refractivity contribution >= 4 is 52.8 Å². The number of carbonyl (C=O) groups excluding carboxylic acids is 3. The van der Waals surface area contributed by atoms with Crippen molar-refractivity contribution < 1.29 is 36.7 Å². The molecule has 1 heterocycles. The monoisotopic (exact) mass is 552 g/mol. The van der Waals surface area contributed by atoms with Crippen LogP contribution in [0.5, 0.6) is 5.75 Å². The SMILES string of the molecule is O=C1NC(=O)N(c2cc(C(F)(F)F)ccc2Cl)C(=O)/C1=C\c1ccc(OCc2cccc(F)c2)c(Cl)c1. The number of barbiturate groups is 1. The van der Waals surface area contributed by atoms with Gasteiger partial charge in [-0.25, -0.2) is 14.1 Å². The Hall–Kier alpha value is -3.89. The highest BCUT2D eigenvalue weighted by Gasteiger charge is 2.39. The molecule has 12 heteroatoms. The molecule has 0 saturated carbocycles. The molecule has 3 aromatic rings. The first-order chi connectivity index (χ1) is 17.4. The number of hydrogen-bond donors (Lipinski definition) is 1. The molecular formula is C25H14Cl2F4N2O4. The second-order valence-electron chi connectivity index (χ2n) is 7.73. The van der Waals surface area contributed by atoms with Crippen LogP contribution in [-0.4, -0.2) is 17.8 Å². The van der Waals surface area contributed by atoms with Gasteiger partial charge in [-0.2, -0.15) is 13.2 Å². The Morgan fingerprint density at radius 3 is 2.38 bits per heavy atom. The van der Waals surface area contributed by atoms with Crippen LogP contribution >= 0.6 is 23.2 Å². The highest BCUT2D eigenvalue weighted by molar-refractivity contribution is 6.42. The van der Waals surface area contributed by atoms with Crippen LogP contribution in [0.25, 0.3) is 6.08 Å². The van der Waals surface area contributed by atoms with Gasteiger partial charge in [0.15, 0.2) is 0 Å². The number of anilines is 1. The highest BCUT2D eigenvalue weighted by Crippen LogP contribution is 2.37. The zero-order chi connectivity index (χ0) is 26.9. The van der Waals surface area contributed by atoms with E-state index in [0.29, 0.717) is 22.6 Å². The van der Waals surface area contributed by atoms with Gasteiger partial charge in [-0.15, -0.1) is 0 Å². The molecule has 1 fully saturated rings. The van der Waals surface area contributed by atoms with Crippen molar-refractivity contribution in [3.05, 3.63) is 98.8 Å². The summed E-state index contributed by atoms with van der Waals surface area (Å²) in [6, 6.07) is 10.9. The maximum Gasteiger partial charge on any atom is 0.416 e. The van der Waals surface area contributed by atoms with Crippen LogP contribution in [0.4, 0.5) is 28.0 Å². The van der Waals surface area contributed by atoms with Crippen molar-refractivity contribution in [1.29, 1.82) is 0 Å². The van der Waals surface area contributed by atoms with Crippen molar-refractivity contribution in [3.63, 3.8) is 0 Å². The average molecular weight is 553 g/mol. The van der Waals surface area contributed by atoms with E-state index >= 15 is 0 Å². The molecule has 0 bridgehead atoms. The van der Waals surface area contributed by atoms with Gasteiger partial charge in [0.05, 0.1) is 21.3 Å². The van der Waals surface area contributed by atoms with Gasteiger partial charge in [0.2, 0.25) is 0 Å². The van der Waals surface area contributed by atoms with E-state index in [1.807, 2.05) is 5.32 Å². The van der Waals surface area contributed by atoms with Gasteiger partial charge in [-0.3, -0.25) is 14.9 Å². The molecule has 0 radical (unpaired) electrons. The molecule has 0 aromatic heterocycles. The zero-order valence-corrected chi connectivity index (χ0v) is 19.9. The lowest BCUT2D eigenvalue weighted by Gasteiger charge is -2.27. The van der Waals surface area contributed by atoms with Crippen molar-refractivity contribution in [3.8, 4) is 5.75 Å². The summed E-state index contributed by atoms with van der Waals surface area (Å²) in [6.45, 7) is 0.0215. The third kappa shape index (κ3) is 5.76. The number of ether oxygens (including phenoxy) is 1. The Morgan fingerprint density at radius 2 is 1.70 bits per heavy atom. The van der Waals surface area contributed by atoms with Gasteiger partial charge >= 0.3 is 12.2 Å². The third-order valence-electron chi connectivity index (χ3n) is 5.17. The summed E-state index contributed by atoms with van der Waals surface area (Å²) in [5.74, 6) is -2.43. The molecule has 3 aromatic carbocycles. The molecule has 37 heavy (non-hydrogen) atoms. The van der Waals surface area contributed by atoms with Gasteiger partial charge in [-0.05, 0) is 59.7 Å². The van der Waals surface area contributed by atoms with Crippen molar-refractivity contribution in [2.75, 3.05) is 4.90 Å². The number of alkyl halides is 3. The Morgan fingerprint density at radius 1 is 0.946 bits per heavy atom. The normalized spacial score (nSPS) is 15.2. The van der Waals surface area contributed by atoms with E-state index < -0.39 is 46.7 Å². The van der Waals surface area contributed by atoms with Gasteiger partial charge in [0.25, 0.3) is 11.8 Å². The van der Waals surface area contributed by atoms with E-state index in [1.165, 1.54) is 36.4 Å². The predicted molar refractivity (Wildman–Crippen MR) is 128 cm³/mol. The number of urea groups is 1. The number of carbonyl (C=O) groups is 3. The number of halogens is 6. The van der Waals surface area contributed by atoms with Crippen LogP contribution in [0.15, 0.2) is 66.2 Å². The summed E-state index contributed by atoms with van der Waals surface area (Å²) < 4.78 is 58.4. The summed E-state index contributed by atoms with van der Waals surface area (Å²) in [6.07, 6.45) is -3.65. The van der Waals surface area contributed by atoms with E-state index in [9.17, 15) is 31.9 Å². The summed E-state index contributed by atoms with van der Waals surface area (Å²) in [7, 11) is 0. The topological polar surface area (TPSA) is 75.7 Å². The Balaban J connectivity index is 1.61. The van der Waals surface area contributed by atoms with Gasteiger partial charge < -0.3 is 4.74 Å². The van der Waals surface area contributed by atoms with Gasteiger partial charge in [0, 0.05) is 0 Å². The standard InChI is InChI=1S/C25H14Cl2F4N2O4/c26-18-6-5-15(25(29,30)31)11-20(18)33-23(35)17(22(34)32-24(33)36)9-13-4-7-21(19(27)10-13)37-12-14-2-1-3-16(28)8-14/h1-11H,12H2,(H,32,34,36)/b17-9-. The fourth-order valence-electron chi connectivity index (χ4n) is 3.42. The minimum Gasteiger partial charge on any atom is -0.487 e. The molecule has 1 saturated heterocycles. The van der Waals surface area contributed by atoms with Gasteiger partial charge in [-0.1, -0.05) is 41.4 Å². The number of nitrogens with zero attached hydrogens (tertiary/aromatic N) is 1. The first-order valence-electron chi connectivity index (χ1n) is 10.4. The fraction of sp³-hybridized carbons (Fsp3) is 0.0800. The number of nitrogens with one attached hydrogen (secondary N) is 1. The predicted octanol–water partition coefficient (Wildman–Crippen LogP) is 6.40. The van der Waals surface area contributed by atoms with Crippen molar-refractivity contribution in [2.24, 2.45) is 0 Å². The molecule has 1 N–H and O–H groups in total. The molecule has 4 amide bonds. The maximum atomic E-state index is 13.3. The summed E-state index contributed by atoms with van der Waals surface area (Å²) in [4.78, 5) is 38.2. The second kappa shape index (κ2) is 10.2. The second-order valence-corrected chi connectivity index (χ2v) is 8.54. The molecule has 1 aliphatic rings. The highest BCUT2D eigenvalue weighted by atomic mass is 35.5.